The van der Waals surface area contributed by atoms with Crippen molar-refractivity contribution >= 4 is 0 Å². The molecule has 2 nitrogen and oxygen atoms in total. The monoisotopic (exact) mass is 184 g/mol. The summed E-state index contributed by atoms with van der Waals surface area (Å²) in [6, 6.07) is 0. The van der Waals surface area contributed by atoms with Crippen molar-refractivity contribution in [1.82, 2.24) is 0 Å². The molecule has 0 aromatic carbocycles. The van der Waals surface area contributed by atoms with Crippen molar-refractivity contribution in [2.75, 3.05) is 7.11 Å². The SMILES string of the molecule is COC1CC(O)(C(C)C)C=CC1C. The van der Waals surface area contributed by atoms with E-state index in [-0.39, 0.29) is 12.0 Å². The van der Waals surface area contributed by atoms with Crippen LogP contribution in [-0.2, 0) is 4.74 Å². The lowest BCUT2D eigenvalue weighted by atomic mass is 9.77. The highest BCUT2D eigenvalue weighted by Gasteiger charge is 2.36. The molecule has 0 spiro atoms. The molecule has 13 heavy (non-hydrogen) atoms. The topological polar surface area (TPSA) is 29.5 Å². The molecule has 0 aromatic heterocycles. The minimum absolute atomic E-state index is 0.150. The lowest BCUT2D eigenvalue weighted by Crippen LogP contribution is -2.42. The number of hydrogen-bond donors (Lipinski definition) is 1. The quantitative estimate of drug-likeness (QED) is 0.665. The number of rotatable bonds is 2. The molecule has 0 amide bonds. The van der Waals surface area contributed by atoms with E-state index in [1.165, 1.54) is 0 Å². The van der Waals surface area contributed by atoms with Crippen LogP contribution in [0.3, 0.4) is 0 Å². The van der Waals surface area contributed by atoms with Gasteiger partial charge >= 0.3 is 0 Å². The van der Waals surface area contributed by atoms with Crippen molar-refractivity contribution in [3.63, 3.8) is 0 Å². The van der Waals surface area contributed by atoms with Gasteiger partial charge in [0.05, 0.1) is 11.7 Å². The van der Waals surface area contributed by atoms with Crippen LogP contribution in [0, 0.1) is 11.8 Å². The average molecular weight is 184 g/mol. The first-order valence-electron chi connectivity index (χ1n) is 4.94. The first-order valence-corrected chi connectivity index (χ1v) is 4.94. The van der Waals surface area contributed by atoms with Gasteiger partial charge in [-0.25, -0.2) is 0 Å². The second kappa shape index (κ2) is 3.81. The molecule has 0 aromatic rings. The fraction of sp³-hybridized carbons (Fsp3) is 0.818. The lowest BCUT2D eigenvalue weighted by Gasteiger charge is -2.37. The summed E-state index contributed by atoms with van der Waals surface area (Å²) in [5.74, 6) is 0.651. The van der Waals surface area contributed by atoms with E-state index in [2.05, 4.69) is 13.0 Å². The zero-order chi connectivity index (χ0) is 10.1. The van der Waals surface area contributed by atoms with E-state index in [4.69, 9.17) is 4.74 Å². The summed E-state index contributed by atoms with van der Waals surface area (Å²) in [6.07, 6.45) is 4.84. The number of ether oxygens (including phenoxy) is 1. The normalized spacial score (nSPS) is 39.8. The van der Waals surface area contributed by atoms with Gasteiger partial charge in [0.2, 0.25) is 0 Å². The Bertz CT molecular complexity index is 198. The van der Waals surface area contributed by atoms with Crippen LogP contribution in [0.15, 0.2) is 12.2 Å². The molecule has 0 bridgehead atoms. The molecule has 1 N–H and O–H groups in total. The molecular formula is C11H20O2. The minimum atomic E-state index is -0.673. The van der Waals surface area contributed by atoms with E-state index in [1.54, 1.807) is 7.11 Å². The molecule has 0 fully saturated rings. The van der Waals surface area contributed by atoms with Gasteiger partial charge in [-0.05, 0) is 5.92 Å². The maximum atomic E-state index is 10.2. The number of aliphatic hydroxyl groups is 1. The summed E-state index contributed by atoms with van der Waals surface area (Å²) in [6.45, 7) is 6.19. The Morgan fingerprint density at radius 2 is 2.15 bits per heavy atom. The Kier molecular flexibility index (Phi) is 3.14. The van der Waals surface area contributed by atoms with Crippen LogP contribution < -0.4 is 0 Å². The third-order valence-corrected chi connectivity index (χ3v) is 3.11. The van der Waals surface area contributed by atoms with E-state index >= 15 is 0 Å². The molecule has 0 saturated carbocycles. The van der Waals surface area contributed by atoms with Gasteiger partial charge in [0, 0.05) is 19.4 Å². The zero-order valence-electron chi connectivity index (χ0n) is 8.95. The van der Waals surface area contributed by atoms with E-state index < -0.39 is 5.60 Å². The Labute approximate surface area is 80.6 Å². The maximum Gasteiger partial charge on any atom is 0.0875 e. The highest BCUT2D eigenvalue weighted by Crippen LogP contribution is 2.32. The minimum Gasteiger partial charge on any atom is -0.385 e. The third-order valence-electron chi connectivity index (χ3n) is 3.11. The van der Waals surface area contributed by atoms with E-state index in [1.807, 2.05) is 19.9 Å². The van der Waals surface area contributed by atoms with Gasteiger partial charge in [-0.15, -0.1) is 0 Å². The van der Waals surface area contributed by atoms with Crippen molar-refractivity contribution in [3.05, 3.63) is 12.2 Å². The van der Waals surface area contributed by atoms with Crippen molar-refractivity contribution in [2.24, 2.45) is 11.8 Å². The smallest absolute Gasteiger partial charge is 0.0875 e. The average Bonchev–Trinajstić information content (AvgIpc) is 2.09. The van der Waals surface area contributed by atoms with E-state index in [0.717, 1.165) is 0 Å². The van der Waals surface area contributed by atoms with Gasteiger partial charge in [-0.1, -0.05) is 32.9 Å². The highest BCUT2D eigenvalue weighted by atomic mass is 16.5. The second-order valence-corrected chi connectivity index (χ2v) is 4.34. The molecule has 3 unspecified atom stereocenters. The summed E-state index contributed by atoms with van der Waals surface area (Å²) in [7, 11) is 1.71. The van der Waals surface area contributed by atoms with E-state index in [0.29, 0.717) is 12.3 Å². The van der Waals surface area contributed by atoms with Gasteiger partial charge in [0.25, 0.3) is 0 Å². The fourth-order valence-corrected chi connectivity index (χ4v) is 1.74. The van der Waals surface area contributed by atoms with Crippen LogP contribution in [-0.4, -0.2) is 23.9 Å². The molecule has 0 heterocycles. The highest BCUT2D eigenvalue weighted by molar-refractivity contribution is 5.11. The van der Waals surface area contributed by atoms with Crippen molar-refractivity contribution in [3.8, 4) is 0 Å². The summed E-state index contributed by atoms with van der Waals surface area (Å²) >= 11 is 0. The Balaban J connectivity index is 2.78. The molecule has 0 aliphatic heterocycles. The van der Waals surface area contributed by atoms with Crippen LogP contribution in [0.2, 0.25) is 0 Å². The zero-order valence-corrected chi connectivity index (χ0v) is 8.95. The molecule has 3 atom stereocenters. The number of methoxy groups -OCH3 is 1. The van der Waals surface area contributed by atoms with Gasteiger partial charge < -0.3 is 9.84 Å². The van der Waals surface area contributed by atoms with Crippen LogP contribution >= 0.6 is 0 Å². The molecule has 1 rings (SSSR count). The van der Waals surface area contributed by atoms with Gasteiger partial charge in [-0.2, -0.15) is 0 Å². The van der Waals surface area contributed by atoms with E-state index in [9.17, 15) is 5.11 Å². The molecule has 2 heteroatoms. The van der Waals surface area contributed by atoms with Crippen LogP contribution in [0.4, 0.5) is 0 Å². The lowest BCUT2D eigenvalue weighted by molar-refractivity contribution is -0.0424. The summed E-state index contributed by atoms with van der Waals surface area (Å²) < 4.78 is 5.34. The molecule has 0 radical (unpaired) electrons. The maximum absolute atomic E-state index is 10.2. The predicted octanol–water partition coefficient (Wildman–Crippen LogP) is 1.98. The predicted molar refractivity (Wildman–Crippen MR) is 53.5 cm³/mol. The molecule has 1 aliphatic carbocycles. The number of hydrogen-bond acceptors (Lipinski definition) is 2. The summed E-state index contributed by atoms with van der Waals surface area (Å²) in [5.41, 5.74) is -0.673. The third kappa shape index (κ3) is 2.12. The Morgan fingerprint density at radius 3 is 2.62 bits per heavy atom. The second-order valence-electron chi connectivity index (χ2n) is 4.34. The van der Waals surface area contributed by atoms with Gasteiger partial charge in [-0.3, -0.25) is 0 Å². The first-order chi connectivity index (χ1) is 5.99. The van der Waals surface area contributed by atoms with Gasteiger partial charge in [0.1, 0.15) is 0 Å². The van der Waals surface area contributed by atoms with Crippen molar-refractivity contribution in [1.29, 1.82) is 0 Å². The first kappa shape index (κ1) is 10.7. The summed E-state index contributed by atoms with van der Waals surface area (Å²) in [4.78, 5) is 0. The van der Waals surface area contributed by atoms with Crippen LogP contribution in [0.1, 0.15) is 27.2 Å². The van der Waals surface area contributed by atoms with Crippen molar-refractivity contribution in [2.45, 2.75) is 38.9 Å². The van der Waals surface area contributed by atoms with Crippen LogP contribution in [0.25, 0.3) is 0 Å². The molecule has 0 saturated heterocycles. The summed E-state index contributed by atoms with van der Waals surface area (Å²) in [5, 5.41) is 10.2. The van der Waals surface area contributed by atoms with Crippen LogP contribution in [0.5, 0.6) is 0 Å². The molecule has 76 valence electrons. The van der Waals surface area contributed by atoms with Gasteiger partial charge in [0.15, 0.2) is 0 Å². The largest absolute Gasteiger partial charge is 0.385 e. The Hall–Kier alpha value is -0.340. The standard InChI is InChI=1S/C11H20O2/c1-8(2)11(12)6-5-9(3)10(7-11)13-4/h5-6,8-10,12H,7H2,1-4H3. The van der Waals surface area contributed by atoms with Crippen molar-refractivity contribution < 1.29 is 9.84 Å². The molecular weight excluding hydrogens is 164 g/mol. The fourth-order valence-electron chi connectivity index (χ4n) is 1.74. The Morgan fingerprint density at radius 1 is 1.54 bits per heavy atom. The molecule has 1 aliphatic rings.